The van der Waals surface area contributed by atoms with Gasteiger partial charge in [0.2, 0.25) is 0 Å². The average molecular weight is 240 g/mol. The maximum Gasteiger partial charge on any atom is 0.303 e. The molecule has 0 amide bonds. The minimum absolute atomic E-state index is 0.260. The van der Waals surface area contributed by atoms with Gasteiger partial charge in [0.05, 0.1) is 0 Å². The Labute approximate surface area is 104 Å². The highest BCUT2D eigenvalue weighted by molar-refractivity contribution is 5.66. The Kier molecular flexibility index (Phi) is 12.1. The zero-order valence-electron chi connectivity index (χ0n) is 10.5. The molecular formula is C14H24O3. The summed E-state index contributed by atoms with van der Waals surface area (Å²) in [7, 11) is 0. The van der Waals surface area contributed by atoms with E-state index < -0.39 is 5.97 Å². The van der Waals surface area contributed by atoms with Crippen LogP contribution in [0.3, 0.4) is 0 Å². The molecule has 0 radical (unpaired) electrons. The molecule has 0 aromatic heterocycles. The van der Waals surface area contributed by atoms with E-state index in [0.29, 0.717) is 0 Å². The molecule has 0 saturated heterocycles. The maximum atomic E-state index is 10.2. The van der Waals surface area contributed by atoms with Crippen molar-refractivity contribution in [2.75, 3.05) is 6.61 Å². The van der Waals surface area contributed by atoms with Crippen molar-refractivity contribution in [3.05, 3.63) is 24.3 Å². The number of aliphatic carboxylic acids is 1. The molecule has 0 rings (SSSR count). The molecule has 2 N–H and O–H groups in total. The molecule has 3 nitrogen and oxygen atoms in total. The van der Waals surface area contributed by atoms with E-state index >= 15 is 0 Å². The van der Waals surface area contributed by atoms with E-state index in [9.17, 15) is 4.79 Å². The number of hydrogen-bond donors (Lipinski definition) is 2. The van der Waals surface area contributed by atoms with Gasteiger partial charge in [-0.1, -0.05) is 30.7 Å². The van der Waals surface area contributed by atoms with Crippen LogP contribution in [-0.2, 0) is 4.79 Å². The van der Waals surface area contributed by atoms with Gasteiger partial charge in [-0.2, -0.15) is 0 Å². The number of aliphatic hydroxyl groups is 1. The van der Waals surface area contributed by atoms with Gasteiger partial charge in [0, 0.05) is 13.0 Å². The second kappa shape index (κ2) is 13.0. The lowest BCUT2D eigenvalue weighted by Gasteiger charge is -1.94. The third kappa shape index (κ3) is 14.9. The number of allylic oxidation sites excluding steroid dienone is 4. The molecule has 3 heteroatoms. The Bertz CT molecular complexity index is 232. The van der Waals surface area contributed by atoms with E-state index in [1.54, 1.807) is 0 Å². The highest BCUT2D eigenvalue weighted by Crippen LogP contribution is 2.04. The Morgan fingerprint density at radius 3 is 2.12 bits per heavy atom. The van der Waals surface area contributed by atoms with Crippen molar-refractivity contribution in [2.24, 2.45) is 0 Å². The van der Waals surface area contributed by atoms with Gasteiger partial charge < -0.3 is 10.2 Å². The lowest BCUT2D eigenvalue weighted by Crippen LogP contribution is -1.93. The van der Waals surface area contributed by atoms with Crippen molar-refractivity contribution in [3.8, 4) is 0 Å². The predicted octanol–water partition coefficient (Wildman–Crippen LogP) is 3.30. The van der Waals surface area contributed by atoms with Crippen LogP contribution in [0.1, 0.15) is 51.4 Å². The topological polar surface area (TPSA) is 57.5 Å². The number of hydrogen-bond acceptors (Lipinski definition) is 2. The van der Waals surface area contributed by atoms with Crippen molar-refractivity contribution < 1.29 is 15.0 Å². The summed E-state index contributed by atoms with van der Waals surface area (Å²) in [5.74, 6) is -0.700. The van der Waals surface area contributed by atoms with Gasteiger partial charge in [0.15, 0.2) is 0 Å². The summed E-state index contributed by atoms with van der Waals surface area (Å²) >= 11 is 0. The third-order valence-electron chi connectivity index (χ3n) is 2.40. The minimum atomic E-state index is -0.700. The monoisotopic (exact) mass is 240 g/mol. The quantitative estimate of drug-likeness (QED) is 0.430. The van der Waals surface area contributed by atoms with Gasteiger partial charge in [0.25, 0.3) is 0 Å². The summed E-state index contributed by atoms with van der Waals surface area (Å²) in [5.41, 5.74) is 0. The Balaban J connectivity index is 3.19. The fraction of sp³-hybridized carbons (Fsp3) is 0.643. The smallest absolute Gasteiger partial charge is 0.303 e. The van der Waals surface area contributed by atoms with E-state index in [-0.39, 0.29) is 13.0 Å². The van der Waals surface area contributed by atoms with E-state index in [4.69, 9.17) is 10.2 Å². The summed E-state index contributed by atoms with van der Waals surface area (Å²) in [4.78, 5) is 10.2. The van der Waals surface area contributed by atoms with Crippen LogP contribution in [0.4, 0.5) is 0 Å². The Morgan fingerprint density at radius 1 is 0.882 bits per heavy atom. The van der Waals surface area contributed by atoms with E-state index in [2.05, 4.69) is 24.3 Å². The molecule has 0 bridgehead atoms. The largest absolute Gasteiger partial charge is 0.481 e. The average Bonchev–Trinajstić information content (AvgIpc) is 2.30. The fourth-order valence-electron chi connectivity index (χ4n) is 1.43. The maximum absolute atomic E-state index is 10.2. The Morgan fingerprint density at radius 2 is 1.53 bits per heavy atom. The van der Waals surface area contributed by atoms with Gasteiger partial charge in [-0.3, -0.25) is 4.79 Å². The van der Waals surface area contributed by atoms with Crippen LogP contribution in [-0.4, -0.2) is 22.8 Å². The standard InChI is InChI=1S/C14H24O3/c15-13-11-9-7-5-3-1-2-4-6-8-10-12-14(16)17/h1-2,5,7,15H,3-4,6,8-13H2,(H,16,17)/b2-1+,7-5+. The molecule has 0 aliphatic heterocycles. The molecule has 0 spiro atoms. The van der Waals surface area contributed by atoms with E-state index in [0.717, 1.165) is 44.9 Å². The van der Waals surface area contributed by atoms with Crippen molar-refractivity contribution in [2.45, 2.75) is 51.4 Å². The summed E-state index contributed by atoms with van der Waals surface area (Å²) < 4.78 is 0. The second-order valence-electron chi connectivity index (χ2n) is 4.04. The summed E-state index contributed by atoms with van der Waals surface area (Å²) in [6, 6.07) is 0. The Hall–Kier alpha value is -1.09. The molecular weight excluding hydrogens is 216 g/mol. The molecule has 0 atom stereocenters. The highest BCUT2D eigenvalue weighted by atomic mass is 16.4. The first-order valence-corrected chi connectivity index (χ1v) is 6.40. The molecule has 0 aliphatic carbocycles. The number of carbonyl (C=O) groups is 1. The zero-order chi connectivity index (χ0) is 12.8. The first-order valence-electron chi connectivity index (χ1n) is 6.40. The number of unbranched alkanes of at least 4 members (excludes halogenated alkanes) is 4. The van der Waals surface area contributed by atoms with Gasteiger partial charge >= 0.3 is 5.97 Å². The van der Waals surface area contributed by atoms with Gasteiger partial charge in [0.1, 0.15) is 0 Å². The molecule has 0 saturated carbocycles. The van der Waals surface area contributed by atoms with Crippen LogP contribution in [0, 0.1) is 0 Å². The third-order valence-corrected chi connectivity index (χ3v) is 2.40. The van der Waals surface area contributed by atoms with Gasteiger partial charge in [-0.15, -0.1) is 0 Å². The summed E-state index contributed by atoms with van der Waals surface area (Å²) in [6.45, 7) is 0.260. The van der Waals surface area contributed by atoms with Crippen LogP contribution >= 0.6 is 0 Å². The van der Waals surface area contributed by atoms with Crippen LogP contribution in [0.25, 0.3) is 0 Å². The fourth-order valence-corrected chi connectivity index (χ4v) is 1.43. The second-order valence-corrected chi connectivity index (χ2v) is 4.04. The van der Waals surface area contributed by atoms with Gasteiger partial charge in [-0.25, -0.2) is 0 Å². The van der Waals surface area contributed by atoms with Crippen LogP contribution in [0.15, 0.2) is 24.3 Å². The number of carboxylic acid groups (broad SMARTS) is 1. The summed E-state index contributed by atoms with van der Waals surface area (Å²) in [5, 5.41) is 17.0. The number of rotatable bonds is 11. The normalized spacial score (nSPS) is 11.6. The lowest BCUT2D eigenvalue weighted by molar-refractivity contribution is -0.137. The first-order chi connectivity index (χ1) is 8.27. The van der Waals surface area contributed by atoms with Gasteiger partial charge in [-0.05, 0) is 38.5 Å². The highest BCUT2D eigenvalue weighted by Gasteiger charge is 1.94. The molecule has 0 heterocycles. The number of carboxylic acids is 1. The lowest BCUT2D eigenvalue weighted by atomic mass is 10.1. The molecule has 0 aromatic rings. The molecule has 0 aromatic carbocycles. The van der Waals surface area contributed by atoms with Crippen LogP contribution in [0.5, 0.6) is 0 Å². The molecule has 98 valence electrons. The first kappa shape index (κ1) is 15.9. The summed E-state index contributed by atoms with van der Waals surface area (Å²) in [6.07, 6.45) is 15.4. The SMILES string of the molecule is O=C(O)CCCCC/C=C/C/C=C/CCCO. The molecule has 0 unspecified atom stereocenters. The molecule has 0 aliphatic rings. The molecule has 17 heavy (non-hydrogen) atoms. The predicted molar refractivity (Wildman–Crippen MR) is 69.9 cm³/mol. The number of aliphatic hydroxyl groups excluding tert-OH is 1. The van der Waals surface area contributed by atoms with E-state index in [1.165, 1.54) is 0 Å². The van der Waals surface area contributed by atoms with Crippen molar-refractivity contribution in [3.63, 3.8) is 0 Å². The molecule has 0 fully saturated rings. The van der Waals surface area contributed by atoms with E-state index in [1.807, 2.05) is 0 Å². The van der Waals surface area contributed by atoms with Crippen molar-refractivity contribution >= 4 is 5.97 Å². The van der Waals surface area contributed by atoms with Crippen LogP contribution in [0.2, 0.25) is 0 Å². The minimum Gasteiger partial charge on any atom is -0.481 e. The van der Waals surface area contributed by atoms with Crippen molar-refractivity contribution in [1.82, 2.24) is 0 Å². The van der Waals surface area contributed by atoms with Crippen LogP contribution < -0.4 is 0 Å². The van der Waals surface area contributed by atoms with Crippen molar-refractivity contribution in [1.29, 1.82) is 0 Å². The zero-order valence-corrected chi connectivity index (χ0v) is 10.5.